The van der Waals surface area contributed by atoms with Crippen molar-refractivity contribution >= 4 is 34.0 Å². The third kappa shape index (κ3) is 9.26. The number of rotatable bonds is 14. The van der Waals surface area contributed by atoms with Crippen molar-refractivity contribution in [2.45, 2.75) is 78.3 Å². The molecule has 0 fully saturated rings. The van der Waals surface area contributed by atoms with Crippen molar-refractivity contribution in [3.8, 4) is 11.6 Å². The molecule has 10 nitrogen and oxygen atoms in total. The molecule has 4 aromatic carbocycles. The summed E-state index contributed by atoms with van der Waals surface area (Å²) < 4.78 is 4.05. The fraction of sp³-hybridized carbons (Fsp3) is 0.261. The highest BCUT2D eigenvalue weighted by Gasteiger charge is 2.12. The van der Waals surface area contributed by atoms with Crippen molar-refractivity contribution in [3.63, 3.8) is 0 Å². The van der Waals surface area contributed by atoms with E-state index in [0.717, 1.165) is 46.5 Å². The molecule has 2 N–H and O–H groups in total. The third-order valence-corrected chi connectivity index (χ3v) is 9.93. The Hall–Kier alpha value is -6.42. The van der Waals surface area contributed by atoms with Crippen molar-refractivity contribution in [1.82, 2.24) is 39.0 Å². The summed E-state index contributed by atoms with van der Waals surface area (Å²) in [4.78, 5) is 27.3. The van der Waals surface area contributed by atoms with Crippen LogP contribution in [-0.4, -0.2) is 39.0 Å². The molecule has 0 saturated heterocycles. The number of imidazole rings is 2. The molecule has 0 radical (unpaired) electrons. The van der Waals surface area contributed by atoms with Gasteiger partial charge in [-0.3, -0.25) is 9.13 Å². The normalized spacial score (nSPS) is 12.2. The van der Waals surface area contributed by atoms with E-state index < -0.39 is 0 Å². The number of unbranched alkanes of at least 4 members (excludes halogenated alkanes) is 2. The molecule has 0 spiro atoms. The quantitative estimate of drug-likeness (QED) is 0.113. The van der Waals surface area contributed by atoms with Crippen molar-refractivity contribution in [2.24, 2.45) is 0 Å². The Bertz CT molecular complexity index is 2460. The largest absolute Gasteiger partial charge is 0.348 e. The van der Waals surface area contributed by atoms with Crippen LogP contribution in [0.15, 0.2) is 134 Å². The first-order valence-corrected chi connectivity index (χ1v) is 19.7. The van der Waals surface area contributed by atoms with E-state index in [4.69, 9.17) is 9.97 Å². The van der Waals surface area contributed by atoms with Crippen LogP contribution in [-0.2, 0) is 12.8 Å². The fourth-order valence-electron chi connectivity index (χ4n) is 6.69. The first-order valence-electron chi connectivity index (χ1n) is 19.7. The second kappa shape index (κ2) is 18.3. The molecule has 0 bridgehead atoms. The number of benzene rings is 4. The van der Waals surface area contributed by atoms with Gasteiger partial charge in [0.05, 0.1) is 34.2 Å². The van der Waals surface area contributed by atoms with E-state index in [-0.39, 0.29) is 12.1 Å². The minimum Gasteiger partial charge on any atom is -0.348 e. The second-order valence-electron chi connectivity index (χ2n) is 14.1. The molecule has 56 heavy (non-hydrogen) atoms. The Morgan fingerprint density at radius 1 is 0.518 bits per heavy atom. The highest BCUT2D eigenvalue weighted by Crippen LogP contribution is 2.23. The van der Waals surface area contributed by atoms with E-state index in [0.29, 0.717) is 11.9 Å². The Balaban J connectivity index is 0.000000172. The topological polar surface area (TPSA) is 111 Å². The van der Waals surface area contributed by atoms with Gasteiger partial charge < -0.3 is 10.6 Å². The first-order chi connectivity index (χ1) is 27.5. The molecule has 8 rings (SSSR count). The number of aryl methyl sites for hydroxylation is 2. The Kier molecular flexibility index (Phi) is 12.4. The predicted molar refractivity (Wildman–Crippen MR) is 228 cm³/mol. The summed E-state index contributed by atoms with van der Waals surface area (Å²) in [5.41, 5.74) is 9.18. The van der Waals surface area contributed by atoms with Crippen LogP contribution in [0.4, 0.5) is 11.9 Å². The number of anilines is 2. The summed E-state index contributed by atoms with van der Waals surface area (Å²) in [5, 5.41) is 6.78. The van der Waals surface area contributed by atoms with Crippen LogP contribution in [0.3, 0.4) is 0 Å². The van der Waals surface area contributed by atoms with Gasteiger partial charge in [-0.15, -0.1) is 0 Å². The summed E-state index contributed by atoms with van der Waals surface area (Å²) in [5.74, 6) is 2.84. The van der Waals surface area contributed by atoms with Crippen LogP contribution in [0.1, 0.15) is 87.7 Å². The highest BCUT2D eigenvalue weighted by molar-refractivity contribution is 5.78. The van der Waals surface area contributed by atoms with Gasteiger partial charge in [-0.25, -0.2) is 19.9 Å². The summed E-state index contributed by atoms with van der Waals surface area (Å²) in [6, 6.07) is 37.6. The lowest BCUT2D eigenvalue weighted by atomic mass is 10.1. The van der Waals surface area contributed by atoms with Gasteiger partial charge in [0.2, 0.25) is 11.9 Å². The van der Waals surface area contributed by atoms with E-state index >= 15 is 0 Å². The van der Waals surface area contributed by atoms with Crippen LogP contribution < -0.4 is 10.6 Å². The van der Waals surface area contributed by atoms with Gasteiger partial charge in [-0.1, -0.05) is 99.5 Å². The Morgan fingerprint density at radius 3 is 1.57 bits per heavy atom. The zero-order valence-electron chi connectivity index (χ0n) is 32.7. The van der Waals surface area contributed by atoms with E-state index in [1.807, 2.05) is 70.3 Å². The van der Waals surface area contributed by atoms with Gasteiger partial charge in [0.25, 0.3) is 0 Å². The number of nitrogens with zero attached hydrogens (tertiary/aromatic N) is 8. The van der Waals surface area contributed by atoms with E-state index in [1.165, 1.54) is 47.9 Å². The maximum Gasteiger partial charge on any atom is 0.225 e. The molecule has 0 amide bonds. The van der Waals surface area contributed by atoms with E-state index in [1.54, 1.807) is 12.4 Å². The minimum absolute atomic E-state index is 0.122. The molecule has 4 aromatic heterocycles. The van der Waals surface area contributed by atoms with Gasteiger partial charge in [0, 0.05) is 12.4 Å². The van der Waals surface area contributed by atoms with Crippen LogP contribution >= 0.6 is 0 Å². The maximum atomic E-state index is 4.72. The average molecular weight is 743 g/mol. The van der Waals surface area contributed by atoms with Crippen molar-refractivity contribution in [2.75, 3.05) is 10.6 Å². The lowest BCUT2D eigenvalue weighted by molar-refractivity contribution is 0.795. The number of fused-ring (bicyclic) bond motifs is 2. The maximum absolute atomic E-state index is 4.72. The molecule has 2 atom stereocenters. The van der Waals surface area contributed by atoms with Crippen LogP contribution in [0, 0.1) is 0 Å². The third-order valence-electron chi connectivity index (χ3n) is 9.93. The van der Waals surface area contributed by atoms with Crippen LogP contribution in [0.5, 0.6) is 0 Å². The molecule has 4 heterocycles. The zero-order chi connectivity index (χ0) is 38.7. The summed E-state index contributed by atoms with van der Waals surface area (Å²) in [6.45, 7) is 8.65. The Morgan fingerprint density at radius 2 is 1.02 bits per heavy atom. The number of hydrogen-bond donors (Lipinski definition) is 2. The van der Waals surface area contributed by atoms with Gasteiger partial charge in [0.15, 0.2) is 0 Å². The molecular weight excluding hydrogens is 693 g/mol. The molecule has 0 aliphatic heterocycles. The lowest BCUT2D eigenvalue weighted by Crippen LogP contribution is -2.10. The van der Waals surface area contributed by atoms with Gasteiger partial charge in [-0.05, 0) is 98.2 Å². The average Bonchev–Trinajstić information content (AvgIpc) is 3.87. The van der Waals surface area contributed by atoms with E-state index in [9.17, 15) is 0 Å². The summed E-state index contributed by atoms with van der Waals surface area (Å²) in [7, 11) is 0. The van der Waals surface area contributed by atoms with Gasteiger partial charge in [0.1, 0.15) is 24.3 Å². The summed E-state index contributed by atoms with van der Waals surface area (Å²) >= 11 is 0. The molecule has 0 aliphatic carbocycles. The van der Waals surface area contributed by atoms with Crippen molar-refractivity contribution in [3.05, 3.63) is 156 Å². The van der Waals surface area contributed by atoms with Crippen molar-refractivity contribution in [1.29, 1.82) is 0 Å². The molecule has 0 saturated carbocycles. The van der Waals surface area contributed by atoms with Gasteiger partial charge >= 0.3 is 0 Å². The monoisotopic (exact) mass is 742 g/mol. The lowest BCUT2D eigenvalue weighted by Gasteiger charge is -2.14. The highest BCUT2D eigenvalue weighted by atomic mass is 15.2. The standard InChI is InChI=1S/2C23H25N5/c1-3-4-8-18-11-12-21-20(15-18)25-16-28(21)22-13-14-24-23(27-22)26-17(2)19-9-6-5-7-10-19;1-3-4-8-18-11-12-20-21(15-18)28(16-25-20)22-13-14-24-23(27-22)26-17(2)19-9-6-5-7-10-19/h2*5-7,9-17H,3-4,8H2,1-2H3,(H,24,26,27)/t2*17-/m00/s1. The summed E-state index contributed by atoms with van der Waals surface area (Å²) in [6.07, 6.45) is 14.2. The second-order valence-corrected chi connectivity index (χ2v) is 14.1. The number of hydrogen-bond acceptors (Lipinski definition) is 8. The molecule has 284 valence electrons. The van der Waals surface area contributed by atoms with Crippen LogP contribution in [0.25, 0.3) is 33.7 Å². The molecule has 0 aliphatic rings. The Labute approximate surface area is 329 Å². The van der Waals surface area contributed by atoms with Gasteiger partial charge in [-0.2, -0.15) is 9.97 Å². The van der Waals surface area contributed by atoms with E-state index in [2.05, 4.69) is 119 Å². The molecule has 0 unspecified atom stereocenters. The fourth-order valence-corrected chi connectivity index (χ4v) is 6.69. The first kappa shape index (κ1) is 37.9. The van der Waals surface area contributed by atoms with Crippen LogP contribution in [0.2, 0.25) is 0 Å². The predicted octanol–water partition coefficient (Wildman–Crippen LogP) is 10.7. The molecular formula is C46H50N10. The SMILES string of the molecule is CCCCc1ccc2c(c1)ncn2-c1ccnc(N[C@@H](C)c2ccccc2)n1.CCCCc1ccc2ncn(-c3ccnc(N[C@@H](C)c4ccccc4)n3)c2c1. The molecule has 8 aromatic rings. The number of nitrogens with one attached hydrogen (secondary N) is 2. The molecule has 10 heteroatoms. The number of aromatic nitrogens is 8. The zero-order valence-corrected chi connectivity index (χ0v) is 32.7. The smallest absolute Gasteiger partial charge is 0.225 e. The minimum atomic E-state index is 0.122. The van der Waals surface area contributed by atoms with Crippen molar-refractivity contribution < 1.29 is 0 Å².